The molecule has 0 aliphatic rings. The maximum atomic E-state index is 12.7. The van der Waals surface area contributed by atoms with Crippen LogP contribution in [0.3, 0.4) is 0 Å². The fourth-order valence-electron chi connectivity index (χ4n) is 3.23. The van der Waals surface area contributed by atoms with Crippen LogP contribution in [-0.4, -0.2) is 21.6 Å². The summed E-state index contributed by atoms with van der Waals surface area (Å²) in [6.45, 7) is 10.7. The van der Waals surface area contributed by atoms with Crippen LogP contribution in [0.1, 0.15) is 53.9 Å². The molecule has 3 rings (SSSR count). The second-order valence-corrected chi connectivity index (χ2v) is 8.79. The van der Waals surface area contributed by atoms with Crippen molar-refractivity contribution in [1.82, 2.24) is 9.55 Å². The molecule has 1 heterocycles. The van der Waals surface area contributed by atoms with Crippen LogP contribution < -0.4 is 0 Å². The van der Waals surface area contributed by atoms with E-state index in [1.165, 1.54) is 6.42 Å². The number of carbonyl (C=O) groups is 1. The minimum atomic E-state index is -0.219. The molecule has 0 bridgehead atoms. The molecular formula is C25H33BrN2O2. The lowest BCUT2D eigenvalue weighted by atomic mass is 10.0. The summed E-state index contributed by atoms with van der Waals surface area (Å²) in [5.41, 5.74) is 2.78. The molecule has 2 aromatic carbocycles. The first-order valence-corrected chi connectivity index (χ1v) is 11.6. The number of benzene rings is 2. The van der Waals surface area contributed by atoms with Crippen molar-refractivity contribution >= 4 is 32.9 Å². The normalized spacial score (nSPS) is 11.8. The van der Waals surface area contributed by atoms with E-state index < -0.39 is 0 Å². The van der Waals surface area contributed by atoms with Gasteiger partial charge in [0.25, 0.3) is 0 Å². The van der Waals surface area contributed by atoms with Crippen molar-refractivity contribution in [2.24, 2.45) is 5.92 Å². The van der Waals surface area contributed by atoms with E-state index in [9.17, 15) is 4.79 Å². The summed E-state index contributed by atoms with van der Waals surface area (Å²) in [5, 5.41) is 0. The summed E-state index contributed by atoms with van der Waals surface area (Å²) in [6.07, 6.45) is 2.92. The highest BCUT2D eigenvalue weighted by atomic mass is 79.9. The Morgan fingerprint density at radius 2 is 1.70 bits per heavy atom. The Balaban J connectivity index is 0.00000101. The Hall–Kier alpha value is -2.14. The highest BCUT2D eigenvalue weighted by Gasteiger charge is 2.19. The fourth-order valence-corrected chi connectivity index (χ4v) is 3.50. The van der Waals surface area contributed by atoms with Gasteiger partial charge in [-0.05, 0) is 43.0 Å². The molecule has 1 atom stereocenters. The highest BCUT2D eigenvalue weighted by molar-refractivity contribution is 9.10. The molecule has 3 aromatic rings. The molecule has 0 amide bonds. The van der Waals surface area contributed by atoms with Gasteiger partial charge < -0.3 is 9.30 Å². The number of fused-ring (bicyclic) bond motifs is 1. The Kier molecular flexibility index (Phi) is 9.57. The van der Waals surface area contributed by atoms with Crippen LogP contribution in [-0.2, 0) is 16.1 Å². The van der Waals surface area contributed by atoms with Crippen molar-refractivity contribution in [1.29, 1.82) is 0 Å². The lowest BCUT2D eigenvalue weighted by molar-refractivity contribution is -0.150. The van der Waals surface area contributed by atoms with E-state index in [2.05, 4.69) is 50.5 Å². The largest absolute Gasteiger partial charge is 0.461 e. The second kappa shape index (κ2) is 11.9. The van der Waals surface area contributed by atoms with E-state index in [4.69, 9.17) is 9.72 Å². The number of carbonyl (C=O) groups excluding carboxylic acids is 1. The van der Waals surface area contributed by atoms with Gasteiger partial charge in [0, 0.05) is 10.0 Å². The van der Waals surface area contributed by atoms with Crippen LogP contribution in [0.15, 0.2) is 53.0 Å². The molecule has 0 saturated heterocycles. The molecule has 0 fully saturated rings. The van der Waals surface area contributed by atoms with Gasteiger partial charge in [-0.15, -0.1) is 0 Å². The van der Waals surface area contributed by atoms with Crippen LogP contribution >= 0.6 is 15.9 Å². The molecule has 0 aliphatic carbocycles. The van der Waals surface area contributed by atoms with Crippen LogP contribution in [0, 0.1) is 5.92 Å². The molecule has 0 spiro atoms. The minimum Gasteiger partial charge on any atom is -0.461 e. The lowest BCUT2D eigenvalue weighted by Crippen LogP contribution is -2.23. The third kappa shape index (κ3) is 6.69. The van der Waals surface area contributed by atoms with Crippen LogP contribution in [0.25, 0.3) is 22.4 Å². The Bertz CT molecular complexity index is 932. The van der Waals surface area contributed by atoms with Crippen molar-refractivity contribution in [2.45, 2.75) is 66.5 Å². The number of esters is 1. The summed E-state index contributed by atoms with van der Waals surface area (Å²) in [7, 11) is 0. The number of rotatable bonds is 7. The number of hydrogen-bond acceptors (Lipinski definition) is 3. The van der Waals surface area contributed by atoms with Gasteiger partial charge in [0.05, 0.1) is 11.0 Å². The zero-order valence-corrected chi connectivity index (χ0v) is 20.3. The predicted octanol–water partition coefficient (Wildman–Crippen LogP) is 7.25. The summed E-state index contributed by atoms with van der Waals surface area (Å²) in [6, 6.07) is 15.8. The number of imidazole rings is 1. The summed E-state index contributed by atoms with van der Waals surface area (Å²) >= 11 is 3.46. The van der Waals surface area contributed by atoms with Gasteiger partial charge in [-0.25, -0.2) is 4.98 Å². The maximum absolute atomic E-state index is 12.7. The quantitative estimate of drug-likeness (QED) is 0.340. The maximum Gasteiger partial charge on any atom is 0.326 e. The Morgan fingerprint density at radius 3 is 2.30 bits per heavy atom. The van der Waals surface area contributed by atoms with Crippen molar-refractivity contribution < 1.29 is 9.53 Å². The molecule has 0 N–H and O–H groups in total. The molecule has 0 unspecified atom stereocenters. The van der Waals surface area contributed by atoms with Crippen LogP contribution in [0.2, 0.25) is 0 Å². The smallest absolute Gasteiger partial charge is 0.326 e. The third-order valence-corrected chi connectivity index (χ3v) is 5.06. The first kappa shape index (κ1) is 24.1. The van der Waals surface area contributed by atoms with Gasteiger partial charge in [0.2, 0.25) is 0 Å². The van der Waals surface area contributed by atoms with Gasteiger partial charge >= 0.3 is 5.97 Å². The monoisotopic (exact) mass is 472 g/mol. The zero-order chi connectivity index (χ0) is 22.1. The number of halogens is 1. The molecule has 5 heteroatoms. The molecule has 0 saturated carbocycles. The second-order valence-electron chi connectivity index (χ2n) is 7.87. The molecule has 0 aliphatic heterocycles. The number of ether oxygens (including phenoxy) is 1. The van der Waals surface area contributed by atoms with Crippen LogP contribution in [0.4, 0.5) is 0 Å². The van der Waals surface area contributed by atoms with E-state index in [0.717, 1.165) is 39.7 Å². The fraction of sp³-hybridized carbons (Fsp3) is 0.440. The standard InChI is InChI=1S/C22H25BrN2O2.C3H8/c1-4-18(13-15(2)3)27-21(26)14-25-20-8-6-5-7-19(20)24-22(25)16-9-11-17(23)12-10-16;1-3-2/h5-12,15,18H,4,13-14H2,1-3H3;3H2,1-2H3/t18-;/m0./s1. The van der Waals surface area contributed by atoms with Crippen molar-refractivity contribution in [3.05, 3.63) is 53.0 Å². The van der Waals surface area contributed by atoms with Gasteiger partial charge in [-0.1, -0.05) is 81.2 Å². The zero-order valence-electron chi connectivity index (χ0n) is 18.7. The van der Waals surface area contributed by atoms with E-state index >= 15 is 0 Å². The predicted molar refractivity (Wildman–Crippen MR) is 128 cm³/mol. The van der Waals surface area contributed by atoms with Gasteiger partial charge in [0.1, 0.15) is 18.5 Å². The van der Waals surface area contributed by atoms with Crippen molar-refractivity contribution in [3.8, 4) is 11.4 Å². The first-order valence-electron chi connectivity index (χ1n) is 10.8. The van der Waals surface area contributed by atoms with Crippen molar-refractivity contribution in [3.63, 3.8) is 0 Å². The summed E-state index contributed by atoms with van der Waals surface area (Å²) in [5.74, 6) is 1.05. The van der Waals surface area contributed by atoms with Crippen LogP contribution in [0.5, 0.6) is 0 Å². The number of hydrogen-bond donors (Lipinski definition) is 0. The van der Waals surface area contributed by atoms with E-state index in [1.54, 1.807) is 0 Å². The summed E-state index contributed by atoms with van der Waals surface area (Å²) in [4.78, 5) is 17.4. The average Bonchev–Trinajstić information content (AvgIpc) is 3.06. The number of para-hydroxylation sites is 2. The molecule has 30 heavy (non-hydrogen) atoms. The average molecular weight is 473 g/mol. The number of nitrogens with zero attached hydrogens (tertiary/aromatic N) is 2. The molecule has 162 valence electrons. The van der Waals surface area contributed by atoms with Gasteiger partial charge in [-0.3, -0.25) is 4.79 Å². The van der Waals surface area contributed by atoms with Gasteiger partial charge in [-0.2, -0.15) is 0 Å². The van der Waals surface area contributed by atoms with Crippen molar-refractivity contribution in [2.75, 3.05) is 0 Å². The topological polar surface area (TPSA) is 44.1 Å². The summed E-state index contributed by atoms with van der Waals surface area (Å²) < 4.78 is 8.70. The Labute approximate surface area is 188 Å². The Morgan fingerprint density at radius 1 is 1.07 bits per heavy atom. The third-order valence-electron chi connectivity index (χ3n) is 4.53. The van der Waals surface area contributed by atoms with E-state index in [0.29, 0.717) is 5.92 Å². The SMILES string of the molecule is CCC.CC[C@@H](CC(C)C)OC(=O)Cn1c(-c2ccc(Br)cc2)nc2ccccc21. The van der Waals surface area contributed by atoms with E-state index in [-0.39, 0.29) is 18.6 Å². The van der Waals surface area contributed by atoms with Gasteiger partial charge in [0.15, 0.2) is 0 Å². The lowest BCUT2D eigenvalue weighted by Gasteiger charge is -2.19. The minimum absolute atomic E-state index is 0.0385. The van der Waals surface area contributed by atoms with E-state index in [1.807, 2.05) is 53.1 Å². The molecule has 4 nitrogen and oxygen atoms in total. The highest BCUT2D eigenvalue weighted by Crippen LogP contribution is 2.26. The molecular weight excluding hydrogens is 440 g/mol. The molecule has 1 aromatic heterocycles. The number of aromatic nitrogens is 2. The first-order chi connectivity index (χ1) is 14.4. The molecule has 0 radical (unpaired) electrons.